The first-order valence-electron chi connectivity index (χ1n) is 11.4. The molecule has 5 unspecified atom stereocenters. The number of imidazole rings is 1. The van der Waals surface area contributed by atoms with Gasteiger partial charge in [0.2, 0.25) is 17.7 Å². The molecule has 1 aromatic rings. The topological polar surface area (TPSA) is 171 Å². The molecule has 6 N–H and O–H groups in total. The predicted octanol–water partition coefficient (Wildman–Crippen LogP) is 0.0268. The van der Waals surface area contributed by atoms with Gasteiger partial charge in [0.15, 0.2) is 0 Å². The summed E-state index contributed by atoms with van der Waals surface area (Å²) in [6, 6.07) is -3.57. The highest BCUT2D eigenvalue weighted by Gasteiger charge is 2.40. The fraction of sp³-hybridized carbons (Fsp3) is 0.682. The zero-order valence-electron chi connectivity index (χ0n) is 19.7. The van der Waals surface area contributed by atoms with Crippen molar-refractivity contribution in [3.63, 3.8) is 0 Å². The van der Waals surface area contributed by atoms with Crippen LogP contribution < -0.4 is 16.4 Å². The van der Waals surface area contributed by atoms with Gasteiger partial charge in [0.05, 0.1) is 12.4 Å². The zero-order valence-corrected chi connectivity index (χ0v) is 19.7. The summed E-state index contributed by atoms with van der Waals surface area (Å²) >= 11 is 0. The lowest BCUT2D eigenvalue weighted by atomic mass is 9.98. The van der Waals surface area contributed by atoms with Crippen LogP contribution in [-0.4, -0.2) is 74.4 Å². The van der Waals surface area contributed by atoms with E-state index in [9.17, 15) is 24.3 Å². The van der Waals surface area contributed by atoms with Gasteiger partial charge in [-0.2, -0.15) is 0 Å². The molecule has 1 aromatic heterocycles. The van der Waals surface area contributed by atoms with Crippen LogP contribution in [0.2, 0.25) is 0 Å². The van der Waals surface area contributed by atoms with Gasteiger partial charge in [-0.1, -0.05) is 34.1 Å². The van der Waals surface area contributed by atoms with E-state index in [1.54, 1.807) is 13.1 Å². The van der Waals surface area contributed by atoms with Crippen LogP contribution in [0.5, 0.6) is 0 Å². The van der Waals surface area contributed by atoms with Gasteiger partial charge in [0.25, 0.3) is 0 Å². The Bertz CT molecular complexity index is 827. The molecule has 1 fully saturated rings. The number of rotatable bonds is 11. The second-order valence-corrected chi connectivity index (χ2v) is 9.01. The molecule has 2 heterocycles. The van der Waals surface area contributed by atoms with Crippen molar-refractivity contribution >= 4 is 23.7 Å². The van der Waals surface area contributed by atoms with E-state index in [-0.39, 0.29) is 18.3 Å². The summed E-state index contributed by atoms with van der Waals surface area (Å²) in [6.07, 6.45) is 4.80. The highest BCUT2D eigenvalue weighted by molar-refractivity contribution is 5.94. The number of H-pyrrole nitrogens is 1. The highest BCUT2D eigenvalue weighted by atomic mass is 16.4. The first-order chi connectivity index (χ1) is 15.6. The Balaban J connectivity index is 2.20. The Labute approximate surface area is 193 Å². The molecule has 184 valence electrons. The van der Waals surface area contributed by atoms with Crippen molar-refractivity contribution in [3.8, 4) is 0 Å². The normalized spacial score (nSPS) is 19.6. The number of carbonyl (C=O) groups is 4. The summed E-state index contributed by atoms with van der Waals surface area (Å²) in [4.78, 5) is 59.0. The molecule has 0 saturated carbocycles. The Morgan fingerprint density at radius 3 is 2.52 bits per heavy atom. The van der Waals surface area contributed by atoms with Crippen LogP contribution in [0.25, 0.3) is 0 Å². The summed E-state index contributed by atoms with van der Waals surface area (Å²) in [7, 11) is 0. The van der Waals surface area contributed by atoms with E-state index >= 15 is 0 Å². The second-order valence-electron chi connectivity index (χ2n) is 9.01. The van der Waals surface area contributed by atoms with Crippen molar-refractivity contribution in [1.29, 1.82) is 0 Å². The molecule has 0 aromatic carbocycles. The van der Waals surface area contributed by atoms with Gasteiger partial charge >= 0.3 is 5.97 Å². The van der Waals surface area contributed by atoms with Gasteiger partial charge in [-0.15, -0.1) is 0 Å². The molecular weight excluding hydrogens is 428 g/mol. The van der Waals surface area contributed by atoms with Crippen LogP contribution in [0.4, 0.5) is 0 Å². The maximum atomic E-state index is 13.5. The number of carboxylic acid groups (broad SMARTS) is 1. The molecule has 0 spiro atoms. The molecule has 11 nitrogen and oxygen atoms in total. The van der Waals surface area contributed by atoms with Gasteiger partial charge in [0, 0.05) is 24.9 Å². The standard InChI is InChI=1S/C22H36N6O5/c1-5-13(4)18(22(32)33)27-19(29)16-7-6-8-28(16)21(31)15(9-14-10-24-11-25-14)26-20(30)17(23)12(2)3/h10-13,15-18H,5-9,23H2,1-4H3,(H,24,25)(H,26,30)(H,27,29)(H,32,33). The third-order valence-corrected chi connectivity index (χ3v) is 6.23. The first-order valence-corrected chi connectivity index (χ1v) is 11.4. The molecule has 33 heavy (non-hydrogen) atoms. The Hall–Kier alpha value is -2.95. The van der Waals surface area contributed by atoms with Crippen molar-refractivity contribution in [2.75, 3.05) is 6.54 Å². The van der Waals surface area contributed by atoms with E-state index in [1.165, 1.54) is 11.2 Å². The van der Waals surface area contributed by atoms with E-state index in [1.807, 2.05) is 20.8 Å². The smallest absolute Gasteiger partial charge is 0.326 e. The van der Waals surface area contributed by atoms with Crippen LogP contribution in [0, 0.1) is 11.8 Å². The maximum absolute atomic E-state index is 13.5. The summed E-state index contributed by atoms with van der Waals surface area (Å²) in [6.45, 7) is 7.57. The van der Waals surface area contributed by atoms with E-state index < -0.39 is 47.9 Å². The second kappa shape index (κ2) is 11.8. The number of hydrogen-bond donors (Lipinski definition) is 5. The minimum absolute atomic E-state index is 0.119. The van der Waals surface area contributed by atoms with Crippen molar-refractivity contribution < 1.29 is 24.3 Å². The monoisotopic (exact) mass is 464 g/mol. The molecule has 5 atom stereocenters. The van der Waals surface area contributed by atoms with E-state index in [4.69, 9.17) is 5.73 Å². The van der Waals surface area contributed by atoms with E-state index in [2.05, 4.69) is 20.6 Å². The van der Waals surface area contributed by atoms with Crippen LogP contribution in [0.3, 0.4) is 0 Å². The van der Waals surface area contributed by atoms with Crippen LogP contribution in [0.15, 0.2) is 12.5 Å². The molecule has 0 aliphatic carbocycles. The van der Waals surface area contributed by atoms with Crippen LogP contribution in [-0.2, 0) is 25.6 Å². The van der Waals surface area contributed by atoms with Crippen LogP contribution in [0.1, 0.15) is 52.7 Å². The van der Waals surface area contributed by atoms with Gasteiger partial charge in [-0.3, -0.25) is 14.4 Å². The fourth-order valence-corrected chi connectivity index (χ4v) is 3.82. The number of hydrogen-bond acceptors (Lipinski definition) is 6. The number of nitrogens with zero attached hydrogens (tertiary/aromatic N) is 2. The summed E-state index contributed by atoms with van der Waals surface area (Å²) in [5.41, 5.74) is 6.61. The van der Waals surface area contributed by atoms with Gasteiger partial charge in [-0.05, 0) is 24.7 Å². The van der Waals surface area contributed by atoms with Gasteiger partial charge in [-0.25, -0.2) is 9.78 Å². The Morgan fingerprint density at radius 2 is 1.97 bits per heavy atom. The zero-order chi connectivity index (χ0) is 24.7. The number of likely N-dealkylation sites (tertiary alicyclic amines) is 1. The number of nitrogens with one attached hydrogen (secondary N) is 3. The molecular formula is C22H36N6O5. The summed E-state index contributed by atoms with van der Waals surface area (Å²) in [5.74, 6) is -2.86. The SMILES string of the molecule is CCC(C)C(NC(=O)C1CCCN1C(=O)C(Cc1cnc[nH]1)NC(=O)C(N)C(C)C)C(=O)O. The summed E-state index contributed by atoms with van der Waals surface area (Å²) < 4.78 is 0. The van der Waals surface area contributed by atoms with Crippen molar-refractivity contribution in [2.45, 2.75) is 77.5 Å². The lowest BCUT2D eigenvalue weighted by Crippen LogP contribution is -2.58. The molecule has 0 radical (unpaired) electrons. The van der Waals surface area contributed by atoms with E-state index in [0.29, 0.717) is 31.5 Å². The van der Waals surface area contributed by atoms with Crippen molar-refractivity contribution in [3.05, 3.63) is 18.2 Å². The minimum atomic E-state index is -1.11. The minimum Gasteiger partial charge on any atom is -0.480 e. The number of aromatic nitrogens is 2. The molecule has 0 bridgehead atoms. The lowest BCUT2D eigenvalue weighted by Gasteiger charge is -2.30. The molecule has 2 rings (SSSR count). The molecule has 1 aliphatic rings. The van der Waals surface area contributed by atoms with Crippen molar-refractivity contribution in [1.82, 2.24) is 25.5 Å². The van der Waals surface area contributed by atoms with Gasteiger partial charge in [0.1, 0.15) is 18.1 Å². The van der Waals surface area contributed by atoms with Gasteiger partial charge < -0.3 is 31.4 Å². The van der Waals surface area contributed by atoms with Crippen LogP contribution >= 0.6 is 0 Å². The fourth-order valence-electron chi connectivity index (χ4n) is 3.82. The number of aromatic amines is 1. The number of carboxylic acids is 1. The number of amides is 3. The number of nitrogens with two attached hydrogens (primary N) is 1. The average Bonchev–Trinajstić information content (AvgIpc) is 3.47. The summed E-state index contributed by atoms with van der Waals surface area (Å²) in [5, 5.41) is 14.8. The maximum Gasteiger partial charge on any atom is 0.326 e. The molecule has 1 aliphatic heterocycles. The van der Waals surface area contributed by atoms with E-state index in [0.717, 1.165) is 0 Å². The third-order valence-electron chi connectivity index (χ3n) is 6.23. The quantitative estimate of drug-likeness (QED) is 0.307. The Morgan fingerprint density at radius 1 is 1.27 bits per heavy atom. The highest BCUT2D eigenvalue weighted by Crippen LogP contribution is 2.21. The first kappa shape index (κ1) is 26.3. The molecule has 3 amide bonds. The lowest BCUT2D eigenvalue weighted by molar-refractivity contribution is -0.146. The largest absolute Gasteiger partial charge is 0.480 e. The molecule has 11 heteroatoms. The number of aliphatic carboxylic acids is 1. The predicted molar refractivity (Wildman–Crippen MR) is 121 cm³/mol. The van der Waals surface area contributed by atoms with Crippen molar-refractivity contribution in [2.24, 2.45) is 17.6 Å². The molecule has 1 saturated heterocycles. The average molecular weight is 465 g/mol. The Kier molecular flexibility index (Phi) is 9.39. The third kappa shape index (κ3) is 6.77. The number of carbonyl (C=O) groups excluding carboxylic acids is 3.